The van der Waals surface area contributed by atoms with Gasteiger partial charge in [-0.3, -0.25) is 14.4 Å². The van der Waals surface area contributed by atoms with Crippen LogP contribution in [0.1, 0.15) is 63.8 Å². The van der Waals surface area contributed by atoms with E-state index in [1.165, 1.54) is 11.1 Å². The number of aromatic amines is 1. The Morgan fingerprint density at radius 2 is 1.69 bits per heavy atom. The number of alkyl halides is 3. The number of imidazole rings is 1. The Hall–Kier alpha value is -4.42. The number of amides is 3. The molecular formula is C32H38F3N5O5. The van der Waals surface area contributed by atoms with Crippen molar-refractivity contribution in [2.24, 2.45) is 11.8 Å². The van der Waals surface area contributed by atoms with Crippen molar-refractivity contribution < 1.29 is 37.5 Å². The number of carboxylic acids is 1. The summed E-state index contributed by atoms with van der Waals surface area (Å²) in [5, 5.41) is 13.3. The number of carbonyl (C=O) groups excluding carboxylic acids is 3. The van der Waals surface area contributed by atoms with Crippen molar-refractivity contribution in [3.8, 4) is 0 Å². The Kier molecular flexibility index (Phi) is 9.59. The highest BCUT2D eigenvalue weighted by atomic mass is 19.4. The van der Waals surface area contributed by atoms with E-state index in [0.29, 0.717) is 24.8 Å². The lowest BCUT2D eigenvalue weighted by Crippen LogP contribution is -2.68. The third-order valence-electron chi connectivity index (χ3n) is 8.15. The normalized spacial score (nSPS) is 20.1. The second-order valence-corrected chi connectivity index (χ2v) is 12.6. The van der Waals surface area contributed by atoms with E-state index in [0.717, 1.165) is 11.0 Å². The smallest absolute Gasteiger partial charge is 0.475 e. The number of carboxylic acid groups (broad SMARTS) is 1. The van der Waals surface area contributed by atoms with E-state index in [2.05, 4.69) is 32.7 Å². The number of aliphatic carboxylic acids is 1. The van der Waals surface area contributed by atoms with Gasteiger partial charge in [0.05, 0.1) is 17.4 Å². The molecule has 4 unspecified atom stereocenters. The summed E-state index contributed by atoms with van der Waals surface area (Å²) < 4.78 is 31.7. The molecule has 13 heteroatoms. The molecule has 5 rings (SSSR count). The van der Waals surface area contributed by atoms with E-state index >= 15 is 0 Å². The maximum atomic E-state index is 14.4. The SMILES string of the molecule is CCC(C)C1C(=O)NC(C2Cc3ccccc3C2)C(=O)N1C(C(=O)NC(C)(C)C)c1ccc2nc[nH]c2c1.O=C(O)C(F)(F)F. The Labute approximate surface area is 258 Å². The van der Waals surface area contributed by atoms with E-state index in [9.17, 15) is 27.6 Å². The van der Waals surface area contributed by atoms with Gasteiger partial charge in [0, 0.05) is 5.54 Å². The van der Waals surface area contributed by atoms with Crippen LogP contribution in [0.25, 0.3) is 11.0 Å². The van der Waals surface area contributed by atoms with Crippen molar-refractivity contribution in [2.45, 2.75) is 83.7 Å². The minimum atomic E-state index is -5.08. The lowest BCUT2D eigenvalue weighted by Gasteiger charge is -2.46. The Morgan fingerprint density at radius 3 is 2.22 bits per heavy atom. The van der Waals surface area contributed by atoms with Gasteiger partial charge >= 0.3 is 12.1 Å². The minimum absolute atomic E-state index is 0.0642. The fraction of sp³-hybridized carbons (Fsp3) is 0.469. The molecule has 45 heavy (non-hydrogen) atoms. The molecule has 3 aromatic rings. The maximum Gasteiger partial charge on any atom is 0.490 e. The van der Waals surface area contributed by atoms with E-state index in [1.807, 2.05) is 65.0 Å². The summed E-state index contributed by atoms with van der Waals surface area (Å²) in [5.74, 6) is -3.66. The molecule has 2 heterocycles. The van der Waals surface area contributed by atoms with Gasteiger partial charge in [-0.2, -0.15) is 13.2 Å². The van der Waals surface area contributed by atoms with Crippen LogP contribution in [0.3, 0.4) is 0 Å². The molecule has 0 bridgehead atoms. The van der Waals surface area contributed by atoms with Crippen molar-refractivity contribution in [3.63, 3.8) is 0 Å². The molecule has 10 nitrogen and oxygen atoms in total. The number of halogens is 3. The van der Waals surface area contributed by atoms with Crippen LogP contribution in [0.5, 0.6) is 0 Å². The predicted molar refractivity (Wildman–Crippen MR) is 160 cm³/mol. The summed E-state index contributed by atoms with van der Waals surface area (Å²) in [6.45, 7) is 9.70. The standard InChI is InChI=1S/C30H37N5O3.C2HF3O2/c1-6-17(2)25-27(36)33-24(21-13-18-9-7-8-10-19(18)14-21)29(38)35(25)26(28(37)34-30(3,4)5)20-11-12-22-23(15-20)32-16-31-22;3-2(4,5)1(6)7/h7-12,15-17,21,24-26H,6,13-14H2,1-5H3,(H,31,32)(H,33,36)(H,34,37);(H,6,7). The number of hydrogen-bond donors (Lipinski definition) is 4. The molecule has 0 radical (unpaired) electrons. The third-order valence-corrected chi connectivity index (χ3v) is 8.15. The van der Waals surface area contributed by atoms with Gasteiger partial charge in [0.25, 0.3) is 0 Å². The Balaban J connectivity index is 0.000000591. The average molecular weight is 630 g/mol. The molecule has 4 N–H and O–H groups in total. The third kappa shape index (κ3) is 7.46. The van der Waals surface area contributed by atoms with Crippen LogP contribution in [0.15, 0.2) is 48.8 Å². The highest BCUT2D eigenvalue weighted by molar-refractivity contribution is 6.01. The number of nitrogens with zero attached hydrogens (tertiary/aromatic N) is 2. The zero-order chi connectivity index (χ0) is 33.3. The second-order valence-electron chi connectivity index (χ2n) is 12.6. The number of carbonyl (C=O) groups is 4. The topological polar surface area (TPSA) is 144 Å². The fourth-order valence-corrected chi connectivity index (χ4v) is 5.92. The lowest BCUT2D eigenvalue weighted by atomic mass is 9.85. The summed E-state index contributed by atoms with van der Waals surface area (Å²) in [6.07, 6.45) is -1.36. The minimum Gasteiger partial charge on any atom is -0.475 e. The summed E-state index contributed by atoms with van der Waals surface area (Å²) >= 11 is 0. The summed E-state index contributed by atoms with van der Waals surface area (Å²) in [6, 6.07) is 11.3. The number of rotatable bonds is 6. The zero-order valence-corrected chi connectivity index (χ0v) is 25.7. The molecule has 0 spiro atoms. The first kappa shape index (κ1) is 33.5. The van der Waals surface area contributed by atoms with Crippen LogP contribution in [-0.4, -0.2) is 67.5 Å². The Morgan fingerprint density at radius 1 is 1.09 bits per heavy atom. The molecule has 1 fully saturated rings. The number of hydrogen-bond acceptors (Lipinski definition) is 5. The van der Waals surface area contributed by atoms with Crippen molar-refractivity contribution in [2.75, 3.05) is 0 Å². The number of benzene rings is 2. The largest absolute Gasteiger partial charge is 0.490 e. The molecule has 1 aliphatic heterocycles. The molecule has 1 aromatic heterocycles. The molecule has 4 atom stereocenters. The van der Waals surface area contributed by atoms with E-state index < -0.39 is 35.8 Å². The quantitative estimate of drug-likeness (QED) is 0.320. The molecule has 1 saturated heterocycles. The first-order chi connectivity index (χ1) is 21.0. The van der Waals surface area contributed by atoms with Gasteiger partial charge in [-0.25, -0.2) is 9.78 Å². The zero-order valence-electron chi connectivity index (χ0n) is 25.7. The average Bonchev–Trinajstić information content (AvgIpc) is 3.60. The molecule has 2 aromatic carbocycles. The highest BCUT2D eigenvalue weighted by Gasteiger charge is 2.51. The highest BCUT2D eigenvalue weighted by Crippen LogP contribution is 2.36. The van der Waals surface area contributed by atoms with Gasteiger partial charge in [-0.1, -0.05) is 50.6 Å². The molecular weight excluding hydrogens is 591 g/mol. The van der Waals surface area contributed by atoms with Crippen molar-refractivity contribution in [1.29, 1.82) is 0 Å². The van der Waals surface area contributed by atoms with Gasteiger partial charge in [0.1, 0.15) is 18.1 Å². The monoisotopic (exact) mass is 629 g/mol. The summed E-state index contributed by atoms with van der Waals surface area (Å²) in [5.41, 5.74) is 4.09. The molecule has 1 aliphatic carbocycles. The van der Waals surface area contributed by atoms with Gasteiger partial charge < -0.3 is 25.6 Å². The van der Waals surface area contributed by atoms with Crippen LogP contribution in [0.2, 0.25) is 0 Å². The van der Waals surface area contributed by atoms with Crippen LogP contribution >= 0.6 is 0 Å². The van der Waals surface area contributed by atoms with Crippen LogP contribution in [0.4, 0.5) is 13.2 Å². The first-order valence-corrected chi connectivity index (χ1v) is 14.8. The van der Waals surface area contributed by atoms with Gasteiger partial charge in [0.2, 0.25) is 17.7 Å². The van der Waals surface area contributed by atoms with Crippen molar-refractivity contribution >= 4 is 34.7 Å². The van der Waals surface area contributed by atoms with Gasteiger partial charge in [0.15, 0.2) is 0 Å². The number of fused-ring (bicyclic) bond motifs is 2. The molecule has 0 saturated carbocycles. The maximum absolute atomic E-state index is 14.4. The van der Waals surface area contributed by atoms with Gasteiger partial charge in [-0.15, -0.1) is 0 Å². The van der Waals surface area contributed by atoms with E-state index in [4.69, 9.17) is 9.90 Å². The summed E-state index contributed by atoms with van der Waals surface area (Å²) in [7, 11) is 0. The number of H-pyrrole nitrogens is 1. The number of nitrogens with one attached hydrogen (secondary N) is 3. The second kappa shape index (κ2) is 12.9. The van der Waals surface area contributed by atoms with Crippen molar-refractivity contribution in [3.05, 3.63) is 65.5 Å². The first-order valence-electron chi connectivity index (χ1n) is 14.8. The lowest BCUT2D eigenvalue weighted by molar-refractivity contribution is -0.192. The van der Waals surface area contributed by atoms with Gasteiger partial charge in [-0.05, 0) is 74.3 Å². The van der Waals surface area contributed by atoms with Crippen molar-refractivity contribution in [1.82, 2.24) is 25.5 Å². The Bertz CT molecular complexity index is 1560. The number of piperazine rings is 1. The summed E-state index contributed by atoms with van der Waals surface area (Å²) in [4.78, 5) is 60.1. The molecule has 2 aliphatic rings. The predicted octanol–water partition coefficient (Wildman–Crippen LogP) is 4.31. The fourth-order valence-electron chi connectivity index (χ4n) is 5.92. The number of aromatic nitrogens is 2. The van der Waals surface area contributed by atoms with Crippen LogP contribution < -0.4 is 10.6 Å². The molecule has 242 valence electrons. The van der Waals surface area contributed by atoms with E-state index in [-0.39, 0.29) is 29.6 Å². The molecule has 3 amide bonds. The van der Waals surface area contributed by atoms with Crippen LogP contribution in [-0.2, 0) is 32.0 Å². The van der Waals surface area contributed by atoms with E-state index in [1.54, 1.807) is 11.2 Å². The van der Waals surface area contributed by atoms with Crippen LogP contribution in [0, 0.1) is 11.8 Å².